The normalized spacial score (nSPS) is 11.6. The molecule has 108 valence electrons. The van der Waals surface area contributed by atoms with E-state index in [9.17, 15) is 4.79 Å². The molecule has 0 aliphatic rings. The first-order valence-corrected chi connectivity index (χ1v) is 6.76. The van der Waals surface area contributed by atoms with E-state index in [1.165, 1.54) is 0 Å². The molecule has 0 unspecified atom stereocenters. The first-order chi connectivity index (χ1) is 8.37. The first kappa shape index (κ1) is 17.4. The standard InChI is InChI=1S/C14H29NO3/c1-6-13(16)15(5)8-10-18-12-11-17-9-7-14(2,3)4/h6-12H2,1-5H3. The second-order valence-corrected chi connectivity index (χ2v) is 5.70. The molecule has 0 saturated carbocycles. The molecule has 0 aliphatic heterocycles. The topological polar surface area (TPSA) is 38.8 Å². The van der Waals surface area contributed by atoms with Gasteiger partial charge in [-0.25, -0.2) is 0 Å². The van der Waals surface area contributed by atoms with Gasteiger partial charge in [0.1, 0.15) is 0 Å². The average molecular weight is 259 g/mol. The van der Waals surface area contributed by atoms with Gasteiger partial charge in [0, 0.05) is 26.6 Å². The summed E-state index contributed by atoms with van der Waals surface area (Å²) in [6.07, 6.45) is 1.60. The minimum absolute atomic E-state index is 0.153. The van der Waals surface area contributed by atoms with Crippen molar-refractivity contribution in [3.05, 3.63) is 0 Å². The van der Waals surface area contributed by atoms with Crippen LogP contribution in [0.5, 0.6) is 0 Å². The molecule has 0 aromatic rings. The maximum absolute atomic E-state index is 11.3. The van der Waals surface area contributed by atoms with E-state index in [1.54, 1.807) is 11.9 Å². The second kappa shape index (κ2) is 9.34. The van der Waals surface area contributed by atoms with E-state index in [2.05, 4.69) is 20.8 Å². The Balaban J connectivity index is 3.29. The molecular weight excluding hydrogens is 230 g/mol. The Bertz CT molecular complexity index is 224. The van der Waals surface area contributed by atoms with Gasteiger partial charge in [0.15, 0.2) is 0 Å². The zero-order chi connectivity index (χ0) is 14.0. The molecule has 0 atom stereocenters. The summed E-state index contributed by atoms with van der Waals surface area (Å²) >= 11 is 0. The molecule has 0 fully saturated rings. The summed E-state index contributed by atoms with van der Waals surface area (Å²) < 4.78 is 10.9. The summed E-state index contributed by atoms with van der Waals surface area (Å²) in [5.41, 5.74) is 0.323. The molecule has 4 nitrogen and oxygen atoms in total. The van der Waals surface area contributed by atoms with Crippen LogP contribution in [0.3, 0.4) is 0 Å². The van der Waals surface area contributed by atoms with Crippen LogP contribution in [0.1, 0.15) is 40.5 Å². The molecule has 1 amide bonds. The molecular formula is C14H29NO3. The van der Waals surface area contributed by atoms with Gasteiger partial charge in [-0.3, -0.25) is 4.79 Å². The van der Waals surface area contributed by atoms with E-state index in [0.29, 0.717) is 38.2 Å². The molecule has 0 aromatic heterocycles. The maximum Gasteiger partial charge on any atom is 0.222 e. The first-order valence-electron chi connectivity index (χ1n) is 6.76. The number of nitrogens with zero attached hydrogens (tertiary/aromatic N) is 1. The van der Waals surface area contributed by atoms with Gasteiger partial charge in [0.2, 0.25) is 5.91 Å². The van der Waals surface area contributed by atoms with Gasteiger partial charge in [-0.2, -0.15) is 0 Å². The Morgan fingerprint density at radius 1 is 1.06 bits per heavy atom. The van der Waals surface area contributed by atoms with Crippen LogP contribution in [-0.2, 0) is 14.3 Å². The molecule has 4 heteroatoms. The SMILES string of the molecule is CCC(=O)N(C)CCOCCOCCC(C)(C)C. The number of hydrogen-bond donors (Lipinski definition) is 0. The van der Waals surface area contributed by atoms with Gasteiger partial charge in [0.25, 0.3) is 0 Å². The van der Waals surface area contributed by atoms with Crippen LogP contribution in [0.4, 0.5) is 0 Å². The molecule has 0 radical (unpaired) electrons. The summed E-state index contributed by atoms with van der Waals surface area (Å²) in [7, 11) is 1.80. The molecule has 0 aromatic carbocycles. The van der Waals surface area contributed by atoms with Crippen molar-refractivity contribution in [3.63, 3.8) is 0 Å². The van der Waals surface area contributed by atoms with Crippen molar-refractivity contribution in [2.45, 2.75) is 40.5 Å². The van der Waals surface area contributed by atoms with Crippen LogP contribution in [0, 0.1) is 5.41 Å². The minimum Gasteiger partial charge on any atom is -0.379 e. The maximum atomic E-state index is 11.3. The van der Waals surface area contributed by atoms with Crippen LogP contribution < -0.4 is 0 Å². The summed E-state index contributed by atoms with van der Waals surface area (Å²) in [5.74, 6) is 0.153. The Hall–Kier alpha value is -0.610. The molecule has 0 rings (SSSR count). The van der Waals surface area contributed by atoms with Crippen molar-refractivity contribution in [1.29, 1.82) is 0 Å². The largest absolute Gasteiger partial charge is 0.379 e. The fourth-order valence-corrected chi connectivity index (χ4v) is 1.30. The number of rotatable bonds is 9. The van der Waals surface area contributed by atoms with Crippen LogP contribution in [-0.4, -0.2) is 50.8 Å². The van der Waals surface area contributed by atoms with Gasteiger partial charge < -0.3 is 14.4 Å². The Kier molecular flexibility index (Phi) is 9.02. The van der Waals surface area contributed by atoms with E-state index in [4.69, 9.17) is 9.47 Å². The van der Waals surface area contributed by atoms with Crippen LogP contribution in [0.2, 0.25) is 0 Å². The Morgan fingerprint density at radius 3 is 2.11 bits per heavy atom. The molecule has 0 heterocycles. The quantitative estimate of drug-likeness (QED) is 0.597. The van der Waals surface area contributed by atoms with Gasteiger partial charge >= 0.3 is 0 Å². The number of amides is 1. The van der Waals surface area contributed by atoms with Gasteiger partial charge in [0.05, 0.1) is 19.8 Å². The summed E-state index contributed by atoms with van der Waals surface area (Å²) in [6.45, 7) is 11.7. The lowest BCUT2D eigenvalue weighted by molar-refractivity contribution is -0.130. The lowest BCUT2D eigenvalue weighted by Gasteiger charge is -2.18. The number of likely N-dealkylation sites (N-methyl/N-ethyl adjacent to an activating group) is 1. The molecule has 18 heavy (non-hydrogen) atoms. The summed E-state index contributed by atoms with van der Waals surface area (Å²) in [4.78, 5) is 13.0. The highest BCUT2D eigenvalue weighted by molar-refractivity contribution is 5.75. The summed E-state index contributed by atoms with van der Waals surface area (Å²) in [6, 6.07) is 0. The number of ether oxygens (including phenoxy) is 2. The molecule has 0 saturated heterocycles. The molecule has 0 spiro atoms. The third kappa shape index (κ3) is 10.5. The van der Waals surface area contributed by atoms with Crippen molar-refractivity contribution in [3.8, 4) is 0 Å². The van der Waals surface area contributed by atoms with Crippen molar-refractivity contribution >= 4 is 5.91 Å². The van der Waals surface area contributed by atoms with Gasteiger partial charge in [-0.15, -0.1) is 0 Å². The third-order valence-electron chi connectivity index (χ3n) is 2.67. The highest BCUT2D eigenvalue weighted by Crippen LogP contribution is 2.17. The van der Waals surface area contributed by atoms with E-state index in [-0.39, 0.29) is 5.91 Å². The van der Waals surface area contributed by atoms with Crippen molar-refractivity contribution in [2.24, 2.45) is 5.41 Å². The van der Waals surface area contributed by atoms with Crippen LogP contribution in [0.15, 0.2) is 0 Å². The lowest BCUT2D eigenvalue weighted by Crippen LogP contribution is -2.29. The molecule has 0 N–H and O–H groups in total. The smallest absolute Gasteiger partial charge is 0.222 e. The van der Waals surface area contributed by atoms with Crippen LogP contribution in [0.25, 0.3) is 0 Å². The Morgan fingerprint density at radius 2 is 1.61 bits per heavy atom. The van der Waals surface area contributed by atoms with Crippen LogP contribution >= 0.6 is 0 Å². The number of hydrogen-bond acceptors (Lipinski definition) is 3. The van der Waals surface area contributed by atoms with E-state index in [1.807, 2.05) is 6.92 Å². The van der Waals surface area contributed by atoms with E-state index in [0.717, 1.165) is 13.0 Å². The molecule has 0 aliphatic carbocycles. The van der Waals surface area contributed by atoms with E-state index < -0.39 is 0 Å². The fraction of sp³-hybridized carbons (Fsp3) is 0.929. The molecule has 0 bridgehead atoms. The number of carbonyl (C=O) groups excluding carboxylic acids is 1. The fourth-order valence-electron chi connectivity index (χ4n) is 1.30. The summed E-state index contributed by atoms with van der Waals surface area (Å²) in [5, 5.41) is 0. The van der Waals surface area contributed by atoms with Crippen molar-refractivity contribution in [1.82, 2.24) is 4.90 Å². The zero-order valence-corrected chi connectivity index (χ0v) is 12.6. The predicted molar refractivity (Wildman–Crippen MR) is 73.6 cm³/mol. The second-order valence-electron chi connectivity index (χ2n) is 5.70. The zero-order valence-electron chi connectivity index (χ0n) is 12.6. The van der Waals surface area contributed by atoms with Gasteiger partial charge in [-0.1, -0.05) is 27.7 Å². The van der Waals surface area contributed by atoms with E-state index >= 15 is 0 Å². The predicted octanol–water partition coefficient (Wildman–Crippen LogP) is 2.32. The van der Waals surface area contributed by atoms with Crippen molar-refractivity contribution < 1.29 is 14.3 Å². The highest BCUT2D eigenvalue weighted by atomic mass is 16.5. The third-order valence-corrected chi connectivity index (χ3v) is 2.67. The highest BCUT2D eigenvalue weighted by Gasteiger charge is 2.09. The van der Waals surface area contributed by atoms with Gasteiger partial charge in [-0.05, 0) is 11.8 Å². The lowest BCUT2D eigenvalue weighted by atomic mass is 9.93. The minimum atomic E-state index is 0.153. The van der Waals surface area contributed by atoms with Crippen molar-refractivity contribution in [2.75, 3.05) is 40.0 Å². The average Bonchev–Trinajstić information content (AvgIpc) is 2.29. The Labute approximate surface area is 112 Å². The number of carbonyl (C=O) groups is 1. The monoisotopic (exact) mass is 259 g/mol.